The highest BCUT2D eigenvalue weighted by atomic mass is 15.3. The number of fused-ring (bicyclic) bond motifs is 1. The number of imidazole rings is 1. The Morgan fingerprint density at radius 1 is 1.35 bits per heavy atom. The number of aromatic amines is 1. The normalized spacial score (nSPS) is 10.9. The second-order valence-electron chi connectivity index (χ2n) is 3.96. The van der Waals surface area contributed by atoms with Crippen molar-refractivity contribution in [1.82, 2.24) is 14.5 Å². The van der Waals surface area contributed by atoms with E-state index in [-0.39, 0.29) is 0 Å². The third-order valence-corrected chi connectivity index (χ3v) is 2.90. The summed E-state index contributed by atoms with van der Waals surface area (Å²) >= 11 is 0. The summed E-state index contributed by atoms with van der Waals surface area (Å²) in [4.78, 5) is 7.25. The van der Waals surface area contributed by atoms with Crippen LogP contribution in [0.3, 0.4) is 0 Å². The molecule has 0 atom stereocenters. The third-order valence-electron chi connectivity index (χ3n) is 2.90. The van der Waals surface area contributed by atoms with Crippen molar-refractivity contribution in [2.24, 2.45) is 12.9 Å². The van der Waals surface area contributed by atoms with Gasteiger partial charge in [-0.3, -0.25) is 5.43 Å². The van der Waals surface area contributed by atoms with E-state index in [9.17, 15) is 0 Å². The molecule has 86 valence electrons. The van der Waals surface area contributed by atoms with Gasteiger partial charge in [-0.15, -0.1) is 0 Å². The van der Waals surface area contributed by atoms with E-state index in [2.05, 4.69) is 38.3 Å². The van der Waals surface area contributed by atoms with E-state index in [4.69, 9.17) is 5.84 Å². The Balaban J connectivity index is 2.23. The Morgan fingerprint density at radius 3 is 2.94 bits per heavy atom. The van der Waals surface area contributed by atoms with Gasteiger partial charge in [0, 0.05) is 29.7 Å². The van der Waals surface area contributed by atoms with Crippen LogP contribution < -0.4 is 11.3 Å². The van der Waals surface area contributed by atoms with Crippen molar-refractivity contribution in [3.63, 3.8) is 0 Å². The molecule has 5 nitrogen and oxygen atoms in total. The van der Waals surface area contributed by atoms with Crippen molar-refractivity contribution in [3.8, 4) is 11.3 Å². The number of hydrazine groups is 1. The lowest BCUT2D eigenvalue weighted by Crippen LogP contribution is -2.07. The summed E-state index contributed by atoms with van der Waals surface area (Å²) < 4.78 is 2.10. The maximum Gasteiger partial charge on any atom is 0.215 e. The molecule has 0 aliphatic carbocycles. The van der Waals surface area contributed by atoms with Crippen LogP contribution in [0.2, 0.25) is 0 Å². The number of hydrogen-bond donors (Lipinski definition) is 3. The molecule has 0 bridgehead atoms. The van der Waals surface area contributed by atoms with E-state index in [1.807, 2.05) is 19.2 Å². The molecular weight excluding hydrogens is 214 g/mol. The van der Waals surface area contributed by atoms with Gasteiger partial charge in [0.05, 0.1) is 11.9 Å². The summed E-state index contributed by atoms with van der Waals surface area (Å²) in [6.07, 6.45) is 3.86. The van der Waals surface area contributed by atoms with Crippen LogP contribution in [0, 0.1) is 0 Å². The van der Waals surface area contributed by atoms with Crippen LogP contribution in [-0.4, -0.2) is 14.5 Å². The van der Waals surface area contributed by atoms with Gasteiger partial charge in [-0.1, -0.05) is 18.2 Å². The van der Waals surface area contributed by atoms with Gasteiger partial charge in [0.2, 0.25) is 5.95 Å². The number of nitrogen functional groups attached to an aromatic ring is 1. The molecule has 1 aromatic carbocycles. The van der Waals surface area contributed by atoms with Crippen LogP contribution in [-0.2, 0) is 7.05 Å². The molecule has 0 saturated carbocycles. The standard InChI is InChI=1S/C12H13N5/c1-17-7-9(8-4-2-3-5-11(8)17)10-6-14-12(15-10)16-13/h2-7H,13H2,1H3,(H2,14,15,16). The monoisotopic (exact) mass is 227 g/mol. The maximum absolute atomic E-state index is 5.31. The van der Waals surface area contributed by atoms with E-state index in [0.717, 1.165) is 11.3 Å². The van der Waals surface area contributed by atoms with Gasteiger partial charge in [0.1, 0.15) is 0 Å². The van der Waals surface area contributed by atoms with Crippen LogP contribution in [0.5, 0.6) is 0 Å². The van der Waals surface area contributed by atoms with Crippen molar-refractivity contribution in [3.05, 3.63) is 36.7 Å². The average Bonchev–Trinajstić information content (AvgIpc) is 2.95. The number of para-hydroxylation sites is 1. The van der Waals surface area contributed by atoms with Crippen LogP contribution >= 0.6 is 0 Å². The first-order valence-electron chi connectivity index (χ1n) is 5.35. The van der Waals surface area contributed by atoms with E-state index in [1.54, 1.807) is 6.20 Å². The average molecular weight is 227 g/mol. The molecule has 0 radical (unpaired) electrons. The van der Waals surface area contributed by atoms with Crippen molar-refractivity contribution < 1.29 is 0 Å². The Kier molecular flexibility index (Phi) is 2.12. The summed E-state index contributed by atoms with van der Waals surface area (Å²) in [7, 11) is 2.03. The maximum atomic E-state index is 5.31. The largest absolute Gasteiger partial charge is 0.350 e. The first-order valence-corrected chi connectivity index (χ1v) is 5.35. The van der Waals surface area contributed by atoms with Crippen molar-refractivity contribution in [1.29, 1.82) is 0 Å². The molecule has 0 saturated heterocycles. The lowest BCUT2D eigenvalue weighted by molar-refractivity contribution is 0.969. The second-order valence-corrected chi connectivity index (χ2v) is 3.96. The summed E-state index contributed by atoms with van der Waals surface area (Å²) in [5, 5.41) is 1.20. The van der Waals surface area contributed by atoms with E-state index >= 15 is 0 Å². The molecular formula is C12H13N5. The van der Waals surface area contributed by atoms with Crippen molar-refractivity contribution >= 4 is 16.9 Å². The number of hydrogen-bond acceptors (Lipinski definition) is 3. The smallest absolute Gasteiger partial charge is 0.215 e. The molecule has 3 rings (SSSR count). The third kappa shape index (κ3) is 1.48. The molecule has 0 unspecified atom stereocenters. The zero-order valence-electron chi connectivity index (χ0n) is 9.44. The summed E-state index contributed by atoms with van der Waals surface area (Å²) in [6.45, 7) is 0. The molecule has 5 heteroatoms. The SMILES string of the molecule is Cn1cc(-c2cnc(NN)[nH]2)c2ccccc21. The number of aromatic nitrogens is 3. The Bertz CT molecular complexity index is 664. The topological polar surface area (TPSA) is 71.7 Å². The highest BCUT2D eigenvalue weighted by molar-refractivity contribution is 5.95. The number of nitrogens with zero attached hydrogens (tertiary/aromatic N) is 2. The molecule has 0 amide bonds. The van der Waals surface area contributed by atoms with Gasteiger partial charge in [-0.25, -0.2) is 10.8 Å². The van der Waals surface area contributed by atoms with Gasteiger partial charge >= 0.3 is 0 Å². The van der Waals surface area contributed by atoms with E-state index in [0.29, 0.717) is 5.95 Å². The van der Waals surface area contributed by atoms with Gasteiger partial charge in [-0.05, 0) is 6.07 Å². The second kappa shape index (κ2) is 3.64. The van der Waals surface area contributed by atoms with Crippen LogP contribution in [0.1, 0.15) is 0 Å². The Labute approximate surface area is 98.2 Å². The minimum absolute atomic E-state index is 0.563. The van der Waals surface area contributed by atoms with Crippen LogP contribution in [0.25, 0.3) is 22.2 Å². The number of nitrogens with two attached hydrogens (primary N) is 1. The van der Waals surface area contributed by atoms with Gasteiger partial charge < -0.3 is 9.55 Å². The predicted octanol–water partition coefficient (Wildman–Crippen LogP) is 1.85. The molecule has 4 N–H and O–H groups in total. The molecule has 2 heterocycles. The van der Waals surface area contributed by atoms with E-state index in [1.165, 1.54) is 10.9 Å². The van der Waals surface area contributed by atoms with Gasteiger partial charge in [0.15, 0.2) is 0 Å². The predicted molar refractivity (Wildman–Crippen MR) is 68.3 cm³/mol. The van der Waals surface area contributed by atoms with Crippen LogP contribution in [0.4, 0.5) is 5.95 Å². The number of anilines is 1. The number of aryl methyl sites for hydroxylation is 1. The number of rotatable bonds is 2. The molecule has 0 aliphatic rings. The zero-order valence-corrected chi connectivity index (χ0v) is 9.44. The number of benzene rings is 1. The Morgan fingerprint density at radius 2 is 2.18 bits per heavy atom. The van der Waals surface area contributed by atoms with Crippen molar-refractivity contribution in [2.45, 2.75) is 0 Å². The molecule has 0 fully saturated rings. The lowest BCUT2D eigenvalue weighted by Gasteiger charge is -1.95. The minimum Gasteiger partial charge on any atom is -0.350 e. The van der Waals surface area contributed by atoms with E-state index < -0.39 is 0 Å². The first kappa shape index (κ1) is 9.92. The summed E-state index contributed by atoms with van der Waals surface area (Å²) in [6, 6.07) is 8.26. The fourth-order valence-corrected chi connectivity index (χ4v) is 2.09. The highest BCUT2D eigenvalue weighted by Crippen LogP contribution is 2.29. The van der Waals surface area contributed by atoms with Gasteiger partial charge in [-0.2, -0.15) is 0 Å². The fraction of sp³-hybridized carbons (Fsp3) is 0.0833. The molecule has 2 aromatic heterocycles. The molecule has 0 spiro atoms. The fourth-order valence-electron chi connectivity index (χ4n) is 2.09. The van der Waals surface area contributed by atoms with Crippen molar-refractivity contribution in [2.75, 3.05) is 5.43 Å². The number of nitrogens with one attached hydrogen (secondary N) is 2. The Hall–Kier alpha value is -2.27. The first-order chi connectivity index (χ1) is 8.29. The van der Waals surface area contributed by atoms with Crippen LogP contribution in [0.15, 0.2) is 36.7 Å². The minimum atomic E-state index is 0.563. The van der Waals surface area contributed by atoms with Gasteiger partial charge in [0.25, 0.3) is 0 Å². The quantitative estimate of drug-likeness (QED) is 0.462. The number of H-pyrrole nitrogens is 1. The molecule has 3 aromatic rings. The molecule has 0 aliphatic heterocycles. The molecule has 17 heavy (non-hydrogen) atoms. The lowest BCUT2D eigenvalue weighted by atomic mass is 10.1. The highest BCUT2D eigenvalue weighted by Gasteiger charge is 2.09. The summed E-state index contributed by atoms with van der Waals surface area (Å²) in [5.74, 6) is 5.87. The zero-order chi connectivity index (χ0) is 11.8. The summed E-state index contributed by atoms with van der Waals surface area (Å²) in [5.41, 5.74) is 5.77.